The van der Waals surface area contributed by atoms with Crippen LogP contribution in [0.5, 0.6) is 0 Å². The van der Waals surface area contributed by atoms with E-state index in [1.807, 2.05) is 0 Å². The van der Waals surface area contributed by atoms with Crippen LogP contribution in [0.3, 0.4) is 0 Å². The Morgan fingerprint density at radius 2 is 1.30 bits per heavy atom. The molecule has 27 heavy (non-hydrogen) atoms. The van der Waals surface area contributed by atoms with Crippen molar-refractivity contribution >= 4 is 0 Å². The zero-order chi connectivity index (χ0) is 17.3. The van der Waals surface area contributed by atoms with Crippen molar-refractivity contribution in [2.45, 2.75) is 37.3 Å². The fraction of sp³-hybridized carbons (Fsp3) is 0.304. The second kappa shape index (κ2) is 10.9. The number of benzene rings is 2. The van der Waals surface area contributed by atoms with Gasteiger partial charge in [-0.2, -0.15) is 0 Å². The Balaban J connectivity index is 0.00000225. The fourth-order valence-corrected chi connectivity index (χ4v) is 4.50. The van der Waals surface area contributed by atoms with Crippen molar-refractivity contribution in [1.82, 2.24) is 0 Å². The van der Waals surface area contributed by atoms with Gasteiger partial charge in [-0.15, -0.1) is 0 Å². The Labute approximate surface area is 194 Å². The van der Waals surface area contributed by atoms with E-state index in [1.54, 1.807) is 0 Å². The molecule has 0 nitrogen and oxygen atoms in total. The monoisotopic (exact) mass is 454 g/mol. The molecule has 0 aromatic heterocycles. The largest absolute Gasteiger partial charge is 1.00 e. The normalized spacial score (nSPS) is 17.9. The van der Waals surface area contributed by atoms with E-state index < -0.39 is 0 Å². The van der Waals surface area contributed by atoms with E-state index in [2.05, 4.69) is 115 Å². The molecule has 0 heterocycles. The summed E-state index contributed by atoms with van der Waals surface area (Å²) in [4.78, 5) is 0. The minimum Gasteiger partial charge on any atom is -1.00 e. The minimum atomic E-state index is 0. The topological polar surface area (TPSA) is 0 Å². The first-order chi connectivity index (χ1) is 11.4. The van der Waals surface area contributed by atoms with Crippen LogP contribution in [0.1, 0.15) is 42.0 Å². The molecule has 2 aromatic carbocycles. The zero-order valence-corrected chi connectivity index (χ0v) is 20.0. The maximum absolute atomic E-state index is 2.48. The maximum Gasteiger partial charge on any atom is -1.00 e. The Morgan fingerprint density at radius 3 is 1.67 bits per heavy atom. The van der Waals surface area contributed by atoms with E-state index in [0.29, 0.717) is 11.8 Å². The van der Waals surface area contributed by atoms with Crippen LogP contribution >= 0.6 is 0 Å². The standard InChI is InChI=1S/C23H25.3ClH.Ti/c1-16(2)19-11-12-22(15-19)23(20-9-5-7-17(3)13-20)21-10-6-8-18(4)14-21;;;;/h5-16,23H,1-4H3;3*1H;/q;;;;+3/p-3. The van der Waals surface area contributed by atoms with Gasteiger partial charge in [0.2, 0.25) is 0 Å². The van der Waals surface area contributed by atoms with Gasteiger partial charge in [-0.3, -0.25) is 0 Å². The number of allylic oxidation sites excluding steroid dienone is 4. The third-order valence-corrected chi connectivity index (χ3v) is 5.79. The summed E-state index contributed by atoms with van der Waals surface area (Å²) >= 11 is 2.37. The van der Waals surface area contributed by atoms with Crippen molar-refractivity contribution in [2.24, 2.45) is 5.92 Å². The van der Waals surface area contributed by atoms with Gasteiger partial charge in [0.25, 0.3) is 0 Å². The minimum absolute atomic E-state index is 0. The first-order valence-corrected chi connectivity index (χ1v) is 9.47. The molecule has 3 rings (SSSR count). The first kappa shape index (κ1) is 26.5. The van der Waals surface area contributed by atoms with E-state index >= 15 is 0 Å². The number of hydrogen-bond acceptors (Lipinski definition) is 0. The van der Waals surface area contributed by atoms with Gasteiger partial charge in [0.05, 0.1) is 0 Å². The third-order valence-electron chi connectivity index (χ3n) is 4.85. The molecule has 0 spiro atoms. The van der Waals surface area contributed by atoms with Crippen LogP contribution in [0.4, 0.5) is 0 Å². The molecule has 0 N–H and O–H groups in total. The molecule has 0 fully saturated rings. The van der Waals surface area contributed by atoms with E-state index in [1.165, 1.54) is 27.8 Å². The Kier molecular flexibility index (Phi) is 10.7. The predicted octanol–water partition coefficient (Wildman–Crippen LogP) is -2.69. The van der Waals surface area contributed by atoms with Gasteiger partial charge in [0.15, 0.2) is 0 Å². The van der Waals surface area contributed by atoms with Gasteiger partial charge in [-0.1, -0.05) is 0 Å². The van der Waals surface area contributed by atoms with Crippen molar-refractivity contribution in [3.05, 3.63) is 94.6 Å². The van der Waals surface area contributed by atoms with Crippen molar-refractivity contribution < 1.29 is 57.7 Å². The van der Waals surface area contributed by atoms with Crippen LogP contribution in [0, 0.1) is 19.8 Å². The summed E-state index contributed by atoms with van der Waals surface area (Å²) < 4.78 is 0.0151. The van der Waals surface area contributed by atoms with E-state index in [-0.39, 0.29) is 40.9 Å². The fourth-order valence-electron chi connectivity index (χ4n) is 3.59. The molecule has 1 unspecified atom stereocenters. The Bertz CT molecular complexity index is 765. The summed E-state index contributed by atoms with van der Waals surface area (Å²) in [5.74, 6) is 0.906. The second-order valence-electron chi connectivity index (χ2n) is 7.33. The molecule has 4 heteroatoms. The quantitative estimate of drug-likeness (QED) is 0.441. The van der Waals surface area contributed by atoms with Crippen LogP contribution in [-0.2, 0) is 20.4 Å². The van der Waals surface area contributed by atoms with Gasteiger partial charge >= 0.3 is 158 Å². The number of rotatable bonds is 4. The molecule has 0 saturated heterocycles. The van der Waals surface area contributed by atoms with E-state index in [0.717, 1.165) is 0 Å². The molecule has 0 aliphatic heterocycles. The molecule has 0 amide bonds. The summed E-state index contributed by atoms with van der Waals surface area (Å²) in [6.07, 6.45) is 7.20. The Morgan fingerprint density at radius 1 is 0.815 bits per heavy atom. The predicted molar refractivity (Wildman–Crippen MR) is 99.0 cm³/mol. The molecule has 2 aromatic rings. The summed E-state index contributed by atoms with van der Waals surface area (Å²) in [5.41, 5.74) is 6.89. The molecule has 142 valence electrons. The van der Waals surface area contributed by atoms with Gasteiger partial charge in [-0.05, 0) is 0 Å². The van der Waals surface area contributed by atoms with Crippen molar-refractivity contribution in [3.8, 4) is 0 Å². The zero-order valence-electron chi connectivity index (χ0n) is 16.1. The molecule has 1 atom stereocenters. The molecule has 1 aliphatic carbocycles. The van der Waals surface area contributed by atoms with E-state index in [4.69, 9.17) is 0 Å². The first-order valence-electron chi connectivity index (χ1n) is 8.69. The smallest absolute Gasteiger partial charge is 1.00 e. The van der Waals surface area contributed by atoms with Crippen molar-refractivity contribution in [2.75, 3.05) is 0 Å². The number of hydrogen-bond donors (Lipinski definition) is 0. The molecule has 0 saturated carbocycles. The van der Waals surface area contributed by atoms with Gasteiger partial charge in [0.1, 0.15) is 0 Å². The molecule has 0 radical (unpaired) electrons. The molecule has 0 bridgehead atoms. The molecular formula is C23H25Cl3Ti. The van der Waals surface area contributed by atoms with Crippen LogP contribution < -0.4 is 37.2 Å². The van der Waals surface area contributed by atoms with Gasteiger partial charge in [0, 0.05) is 0 Å². The SMILES string of the molecule is Cc1cccc(C(c2cccc(C)c2)[C]2([Ti+3])C=CC(C(C)C)=C2)c1.[Cl-].[Cl-].[Cl-]. The van der Waals surface area contributed by atoms with Crippen LogP contribution in [0.2, 0.25) is 3.72 Å². The van der Waals surface area contributed by atoms with Crippen molar-refractivity contribution in [1.29, 1.82) is 0 Å². The van der Waals surface area contributed by atoms with Crippen LogP contribution in [0.25, 0.3) is 0 Å². The van der Waals surface area contributed by atoms with Crippen LogP contribution in [0.15, 0.2) is 72.3 Å². The maximum atomic E-state index is 2.48. The number of aryl methyl sites for hydroxylation is 2. The average molecular weight is 456 g/mol. The van der Waals surface area contributed by atoms with Gasteiger partial charge < -0.3 is 37.2 Å². The number of halogens is 3. The summed E-state index contributed by atoms with van der Waals surface area (Å²) in [6, 6.07) is 18.0. The van der Waals surface area contributed by atoms with Crippen LogP contribution in [-0.4, -0.2) is 0 Å². The molecular weight excluding hydrogens is 430 g/mol. The third kappa shape index (κ3) is 5.99. The second-order valence-corrected chi connectivity index (χ2v) is 8.68. The van der Waals surface area contributed by atoms with Gasteiger partial charge in [-0.25, -0.2) is 0 Å². The Hall–Kier alpha value is -0.496. The van der Waals surface area contributed by atoms with E-state index in [9.17, 15) is 0 Å². The molecule has 1 aliphatic rings. The average Bonchev–Trinajstić information content (AvgIpc) is 2.91. The summed E-state index contributed by atoms with van der Waals surface area (Å²) in [5, 5.41) is 0. The van der Waals surface area contributed by atoms with Crippen molar-refractivity contribution in [3.63, 3.8) is 0 Å². The summed E-state index contributed by atoms with van der Waals surface area (Å²) in [7, 11) is 0. The summed E-state index contributed by atoms with van der Waals surface area (Å²) in [6.45, 7) is 8.91.